The summed E-state index contributed by atoms with van der Waals surface area (Å²) in [5.74, 6) is 0.246. The SMILES string of the molecule is CCCCCCCC/C=C\CCCCCCCCOCC(COCCCCCCCC)CC(C)(C)[Si](O)(c1ccccc1)c1ccccc1. The first-order valence-corrected chi connectivity index (χ1v) is 22.5. The topological polar surface area (TPSA) is 38.7 Å². The minimum atomic E-state index is -3.07. The van der Waals surface area contributed by atoms with Gasteiger partial charge in [-0.3, -0.25) is 0 Å². The highest BCUT2D eigenvalue weighted by molar-refractivity contribution is 6.98. The lowest BCUT2D eigenvalue weighted by Gasteiger charge is -2.43. The van der Waals surface area contributed by atoms with Crippen molar-refractivity contribution in [3.63, 3.8) is 0 Å². The van der Waals surface area contributed by atoms with E-state index in [9.17, 15) is 4.80 Å². The molecule has 1 N–H and O–H groups in total. The Balaban J connectivity index is 1.79. The third-order valence-corrected chi connectivity index (χ3v) is 14.8. The summed E-state index contributed by atoms with van der Waals surface area (Å²) in [7, 11) is -3.07. The van der Waals surface area contributed by atoms with Gasteiger partial charge in [0.05, 0.1) is 13.2 Å². The fraction of sp³-hybridized carbons (Fsp3) is 0.689. The summed E-state index contributed by atoms with van der Waals surface area (Å²) in [4.78, 5) is 12.7. The summed E-state index contributed by atoms with van der Waals surface area (Å²) in [5.41, 5.74) is 0. The molecule has 0 aliphatic heterocycles. The molecular weight excluding hydrogens is 617 g/mol. The van der Waals surface area contributed by atoms with Crippen LogP contribution in [-0.2, 0) is 9.47 Å². The molecule has 1 unspecified atom stereocenters. The van der Waals surface area contributed by atoms with Crippen molar-refractivity contribution in [1.82, 2.24) is 0 Å². The van der Waals surface area contributed by atoms with Gasteiger partial charge in [-0.05, 0) is 60.4 Å². The minimum Gasteiger partial charge on any atom is -0.424 e. The van der Waals surface area contributed by atoms with Crippen LogP contribution in [0.3, 0.4) is 0 Å². The molecular formula is C45H76O3Si. The molecule has 0 saturated heterocycles. The Morgan fingerprint density at radius 2 is 0.918 bits per heavy atom. The van der Waals surface area contributed by atoms with Crippen molar-refractivity contribution < 1.29 is 14.3 Å². The van der Waals surface area contributed by atoms with Crippen LogP contribution in [0.25, 0.3) is 0 Å². The van der Waals surface area contributed by atoms with E-state index in [4.69, 9.17) is 9.47 Å². The molecule has 2 aromatic rings. The summed E-state index contributed by atoms with van der Waals surface area (Å²) >= 11 is 0. The number of unbranched alkanes of at least 4 members (excludes halogenated alkanes) is 17. The first-order chi connectivity index (χ1) is 24.0. The van der Waals surface area contributed by atoms with Gasteiger partial charge in [-0.15, -0.1) is 0 Å². The summed E-state index contributed by atoms with van der Waals surface area (Å²) < 4.78 is 12.7. The van der Waals surface area contributed by atoms with Crippen LogP contribution in [0.1, 0.15) is 163 Å². The smallest absolute Gasteiger partial charge is 0.258 e. The van der Waals surface area contributed by atoms with Gasteiger partial charge in [0.1, 0.15) is 0 Å². The van der Waals surface area contributed by atoms with Crippen LogP contribution >= 0.6 is 0 Å². The number of rotatable bonds is 32. The quantitative estimate of drug-likeness (QED) is 0.0471. The fourth-order valence-corrected chi connectivity index (χ4v) is 11.1. The molecule has 0 amide bonds. The highest BCUT2D eigenvalue weighted by Crippen LogP contribution is 2.41. The first-order valence-electron chi connectivity index (χ1n) is 20.6. The number of allylic oxidation sites excluding steroid dienone is 2. The van der Waals surface area contributed by atoms with Crippen molar-refractivity contribution in [2.45, 2.75) is 168 Å². The molecule has 0 aromatic heterocycles. The first kappa shape index (κ1) is 43.4. The zero-order chi connectivity index (χ0) is 35.3. The van der Waals surface area contributed by atoms with Gasteiger partial charge >= 0.3 is 0 Å². The molecule has 0 radical (unpaired) electrons. The molecule has 0 saturated carbocycles. The maximum atomic E-state index is 12.7. The van der Waals surface area contributed by atoms with Gasteiger partial charge in [0.15, 0.2) is 0 Å². The Kier molecular flexibility index (Phi) is 24.8. The molecule has 49 heavy (non-hydrogen) atoms. The van der Waals surface area contributed by atoms with E-state index in [1.165, 1.54) is 116 Å². The molecule has 0 fully saturated rings. The van der Waals surface area contributed by atoms with E-state index >= 15 is 0 Å². The lowest BCUT2D eigenvalue weighted by Crippen LogP contribution is -2.65. The average molecular weight is 693 g/mol. The van der Waals surface area contributed by atoms with E-state index in [1.54, 1.807) is 0 Å². The predicted octanol–water partition coefficient (Wildman–Crippen LogP) is 12.0. The minimum absolute atomic E-state index is 0.246. The third-order valence-electron chi connectivity index (χ3n) is 10.3. The molecule has 0 aliphatic carbocycles. The van der Waals surface area contributed by atoms with Gasteiger partial charge in [0, 0.05) is 19.1 Å². The van der Waals surface area contributed by atoms with Crippen molar-refractivity contribution >= 4 is 18.7 Å². The number of hydrogen-bond donors (Lipinski definition) is 1. The van der Waals surface area contributed by atoms with Crippen molar-refractivity contribution in [3.8, 4) is 0 Å². The van der Waals surface area contributed by atoms with E-state index in [1.807, 2.05) is 12.1 Å². The van der Waals surface area contributed by atoms with Crippen molar-refractivity contribution in [2.75, 3.05) is 26.4 Å². The second kappa shape index (κ2) is 27.9. The molecule has 0 heterocycles. The van der Waals surface area contributed by atoms with Gasteiger partial charge in [0.2, 0.25) is 0 Å². The summed E-state index contributed by atoms with van der Waals surface area (Å²) in [6.07, 6.45) is 31.8. The number of ether oxygens (including phenoxy) is 2. The summed E-state index contributed by atoms with van der Waals surface area (Å²) in [6.45, 7) is 12.1. The van der Waals surface area contributed by atoms with Crippen LogP contribution in [0.15, 0.2) is 72.8 Å². The van der Waals surface area contributed by atoms with Gasteiger partial charge in [-0.1, -0.05) is 190 Å². The Hall–Kier alpha value is -1.72. The van der Waals surface area contributed by atoms with Crippen LogP contribution in [0.5, 0.6) is 0 Å². The van der Waals surface area contributed by atoms with E-state index in [2.05, 4.69) is 88.4 Å². The van der Waals surface area contributed by atoms with Crippen LogP contribution in [0.4, 0.5) is 0 Å². The fourth-order valence-electron chi connectivity index (χ4n) is 7.28. The van der Waals surface area contributed by atoms with Crippen LogP contribution < -0.4 is 10.4 Å². The second-order valence-corrected chi connectivity index (χ2v) is 19.2. The zero-order valence-electron chi connectivity index (χ0n) is 32.4. The Morgan fingerprint density at radius 1 is 0.551 bits per heavy atom. The monoisotopic (exact) mass is 693 g/mol. The maximum Gasteiger partial charge on any atom is 0.258 e. The Morgan fingerprint density at radius 3 is 1.33 bits per heavy atom. The molecule has 0 aliphatic rings. The van der Waals surface area contributed by atoms with Crippen LogP contribution in [0, 0.1) is 5.92 Å². The molecule has 278 valence electrons. The predicted molar refractivity (Wildman–Crippen MR) is 217 cm³/mol. The standard InChI is InChI=1S/C45H76O3Si/c1-5-7-9-11-13-14-15-16-17-18-19-20-21-22-24-32-38-48-41-42(40-47-37-31-23-12-10-8-6-2)39-45(3,4)49(46,43-33-27-25-28-34-43)44-35-29-26-30-36-44/h16-17,25-30,33-36,42,46H,5-15,18-24,31-32,37-41H2,1-4H3/b17-16-. The van der Waals surface area contributed by atoms with E-state index in [0.29, 0.717) is 13.2 Å². The van der Waals surface area contributed by atoms with Gasteiger partial charge in [-0.2, -0.15) is 0 Å². The van der Waals surface area contributed by atoms with Crippen molar-refractivity contribution in [3.05, 3.63) is 72.8 Å². The van der Waals surface area contributed by atoms with Gasteiger partial charge in [-0.25, -0.2) is 0 Å². The van der Waals surface area contributed by atoms with Crippen molar-refractivity contribution in [1.29, 1.82) is 0 Å². The lowest BCUT2D eigenvalue weighted by molar-refractivity contribution is 0.0292. The number of benzene rings is 2. The van der Waals surface area contributed by atoms with E-state index < -0.39 is 8.32 Å². The lowest BCUT2D eigenvalue weighted by atomic mass is 9.97. The molecule has 2 rings (SSSR count). The molecule has 2 aromatic carbocycles. The normalized spacial score (nSPS) is 13.0. The summed E-state index contributed by atoms with van der Waals surface area (Å²) in [6, 6.07) is 20.8. The van der Waals surface area contributed by atoms with Gasteiger partial charge < -0.3 is 14.3 Å². The highest BCUT2D eigenvalue weighted by atomic mass is 28.4. The van der Waals surface area contributed by atoms with E-state index in [-0.39, 0.29) is 11.0 Å². The molecule has 0 spiro atoms. The molecule has 3 nitrogen and oxygen atoms in total. The average Bonchev–Trinajstić information content (AvgIpc) is 3.12. The summed E-state index contributed by atoms with van der Waals surface area (Å²) in [5, 5.41) is 1.84. The van der Waals surface area contributed by atoms with Gasteiger partial charge in [0.25, 0.3) is 8.32 Å². The second-order valence-electron chi connectivity index (χ2n) is 15.3. The van der Waals surface area contributed by atoms with Crippen LogP contribution in [-0.4, -0.2) is 39.5 Å². The third kappa shape index (κ3) is 18.4. The van der Waals surface area contributed by atoms with Crippen LogP contribution in [0.2, 0.25) is 5.04 Å². The largest absolute Gasteiger partial charge is 0.424 e. The maximum absolute atomic E-state index is 12.7. The molecule has 0 bridgehead atoms. The molecule has 4 heteroatoms. The highest BCUT2D eigenvalue weighted by Gasteiger charge is 2.50. The number of hydrogen-bond acceptors (Lipinski definition) is 3. The Bertz CT molecular complexity index is 998. The van der Waals surface area contributed by atoms with Crippen molar-refractivity contribution in [2.24, 2.45) is 5.92 Å². The van der Waals surface area contributed by atoms with E-state index in [0.717, 1.165) is 42.8 Å². The Labute approximate surface area is 304 Å². The zero-order valence-corrected chi connectivity index (χ0v) is 33.4. The molecule has 1 atom stereocenters.